The second-order valence-corrected chi connectivity index (χ2v) is 10.5. The van der Waals surface area contributed by atoms with Crippen molar-refractivity contribution in [3.05, 3.63) is 77.6 Å². The number of methoxy groups -OCH3 is 2. The van der Waals surface area contributed by atoms with Crippen LogP contribution in [0.3, 0.4) is 0 Å². The number of carbonyl (C=O) groups excluding carboxylic acids is 1. The normalized spacial score (nSPS) is 11.6. The smallest absolute Gasteiger partial charge is 0.320 e. The summed E-state index contributed by atoms with van der Waals surface area (Å²) in [6, 6.07) is 18.3. The number of ether oxygens (including phenoxy) is 3. The highest BCUT2D eigenvalue weighted by Gasteiger charge is 2.19. The molecule has 1 heterocycles. The van der Waals surface area contributed by atoms with Gasteiger partial charge in [-0.3, -0.25) is 9.69 Å². The number of benzene rings is 3. The highest BCUT2D eigenvalue weighted by molar-refractivity contribution is 5.76. The molecular formula is C31H34FN3O5. The maximum absolute atomic E-state index is 15.0. The molecule has 0 aliphatic rings. The van der Waals surface area contributed by atoms with Crippen LogP contribution in [0.25, 0.3) is 34.0 Å². The van der Waals surface area contributed by atoms with Crippen LogP contribution in [0.15, 0.2) is 65.2 Å². The van der Waals surface area contributed by atoms with Crippen molar-refractivity contribution in [1.82, 2.24) is 15.0 Å². The molecule has 0 bridgehead atoms. The van der Waals surface area contributed by atoms with Crippen LogP contribution in [0.2, 0.25) is 0 Å². The Bertz CT molecular complexity index is 1480. The molecule has 0 unspecified atom stereocenters. The van der Waals surface area contributed by atoms with E-state index in [9.17, 15) is 9.18 Å². The van der Waals surface area contributed by atoms with Crippen molar-refractivity contribution in [3.8, 4) is 39.7 Å². The molecule has 40 heavy (non-hydrogen) atoms. The summed E-state index contributed by atoms with van der Waals surface area (Å²) in [5, 5.41) is 4.08. The summed E-state index contributed by atoms with van der Waals surface area (Å²) in [6.07, 6.45) is 0. The second kappa shape index (κ2) is 12.4. The van der Waals surface area contributed by atoms with E-state index in [-0.39, 0.29) is 24.9 Å². The van der Waals surface area contributed by atoms with Gasteiger partial charge < -0.3 is 18.7 Å². The van der Waals surface area contributed by atoms with Gasteiger partial charge in [-0.15, -0.1) is 0 Å². The topological polar surface area (TPSA) is 86.9 Å². The highest BCUT2D eigenvalue weighted by Crippen LogP contribution is 2.35. The molecule has 8 nitrogen and oxygen atoms in total. The lowest BCUT2D eigenvalue weighted by molar-refractivity contribution is -0.155. The van der Waals surface area contributed by atoms with Gasteiger partial charge >= 0.3 is 5.97 Å². The van der Waals surface area contributed by atoms with Gasteiger partial charge in [-0.25, -0.2) is 4.39 Å². The second-order valence-electron chi connectivity index (χ2n) is 10.5. The molecular weight excluding hydrogens is 513 g/mol. The summed E-state index contributed by atoms with van der Waals surface area (Å²) in [5.74, 6) is 0.540. The first-order valence-corrected chi connectivity index (χ1v) is 12.9. The van der Waals surface area contributed by atoms with Gasteiger partial charge in [-0.2, -0.15) is 4.98 Å². The summed E-state index contributed by atoms with van der Waals surface area (Å²) < 4.78 is 36.8. The summed E-state index contributed by atoms with van der Waals surface area (Å²) >= 11 is 0. The minimum absolute atomic E-state index is 0.0492. The van der Waals surface area contributed by atoms with E-state index in [0.29, 0.717) is 29.2 Å². The average Bonchev–Trinajstić information content (AvgIpc) is 3.39. The van der Waals surface area contributed by atoms with Gasteiger partial charge in [0.05, 0.1) is 20.3 Å². The number of aromatic nitrogens is 2. The molecule has 0 fully saturated rings. The summed E-state index contributed by atoms with van der Waals surface area (Å²) in [5.41, 5.74) is 3.90. The van der Waals surface area contributed by atoms with E-state index in [1.807, 2.05) is 63.2 Å². The maximum Gasteiger partial charge on any atom is 0.320 e. The monoisotopic (exact) mass is 547 g/mol. The van der Waals surface area contributed by atoms with Crippen LogP contribution in [0.5, 0.6) is 5.75 Å². The van der Waals surface area contributed by atoms with Crippen LogP contribution >= 0.6 is 0 Å². The number of halogens is 1. The van der Waals surface area contributed by atoms with E-state index in [1.54, 1.807) is 38.3 Å². The van der Waals surface area contributed by atoms with Crippen molar-refractivity contribution >= 4 is 5.97 Å². The minimum Gasteiger partial charge on any atom is -0.496 e. The minimum atomic E-state index is -0.572. The Balaban J connectivity index is 1.52. The molecule has 0 atom stereocenters. The Morgan fingerprint density at radius 1 is 0.975 bits per heavy atom. The Morgan fingerprint density at radius 2 is 1.73 bits per heavy atom. The Labute approximate surface area is 233 Å². The van der Waals surface area contributed by atoms with Crippen LogP contribution in [-0.4, -0.2) is 54.4 Å². The van der Waals surface area contributed by atoms with Crippen molar-refractivity contribution in [2.24, 2.45) is 0 Å². The first kappa shape index (κ1) is 28.9. The third-order valence-electron chi connectivity index (χ3n) is 6.05. The van der Waals surface area contributed by atoms with Gasteiger partial charge in [0.2, 0.25) is 5.82 Å². The fourth-order valence-electron chi connectivity index (χ4n) is 4.35. The molecule has 0 radical (unpaired) electrons. The number of rotatable bonds is 10. The molecule has 4 aromatic rings. The predicted octanol–water partition coefficient (Wildman–Crippen LogP) is 6.14. The van der Waals surface area contributed by atoms with Crippen LogP contribution in [0.1, 0.15) is 31.9 Å². The third kappa shape index (κ3) is 7.11. The fourth-order valence-corrected chi connectivity index (χ4v) is 4.35. The lowest BCUT2D eigenvalue weighted by atomic mass is 9.97. The first-order valence-electron chi connectivity index (χ1n) is 12.9. The number of likely N-dealkylation sites (N-methyl/N-ethyl adjacent to an activating group) is 1. The number of para-hydroxylation sites is 1. The molecule has 0 N–H and O–H groups in total. The zero-order valence-electron chi connectivity index (χ0n) is 23.7. The predicted molar refractivity (Wildman–Crippen MR) is 150 cm³/mol. The molecule has 4 rings (SSSR count). The zero-order chi connectivity index (χ0) is 28.9. The van der Waals surface area contributed by atoms with E-state index in [4.69, 9.17) is 18.7 Å². The number of carbonyl (C=O) groups is 1. The number of esters is 1. The van der Waals surface area contributed by atoms with Crippen molar-refractivity contribution in [2.45, 2.75) is 39.5 Å². The molecule has 210 valence electrons. The Morgan fingerprint density at radius 3 is 2.42 bits per heavy atom. The molecule has 0 saturated carbocycles. The van der Waals surface area contributed by atoms with Gasteiger partial charge in [-0.1, -0.05) is 41.6 Å². The summed E-state index contributed by atoms with van der Waals surface area (Å²) in [6.45, 7) is 6.08. The van der Waals surface area contributed by atoms with Crippen molar-refractivity contribution in [2.75, 3.05) is 27.8 Å². The van der Waals surface area contributed by atoms with Gasteiger partial charge in [0.15, 0.2) is 0 Å². The Kier molecular flexibility index (Phi) is 8.96. The first-order chi connectivity index (χ1) is 19.1. The van der Waals surface area contributed by atoms with E-state index in [1.165, 1.54) is 6.07 Å². The van der Waals surface area contributed by atoms with E-state index < -0.39 is 11.4 Å². The zero-order valence-corrected chi connectivity index (χ0v) is 23.7. The van der Waals surface area contributed by atoms with Crippen molar-refractivity contribution < 1.29 is 27.9 Å². The van der Waals surface area contributed by atoms with Crippen LogP contribution in [-0.2, 0) is 27.4 Å². The molecule has 3 aromatic carbocycles. The fraction of sp³-hybridized carbons (Fsp3) is 0.323. The molecule has 1 aromatic heterocycles. The van der Waals surface area contributed by atoms with Gasteiger partial charge in [0.1, 0.15) is 17.2 Å². The lowest BCUT2D eigenvalue weighted by Gasteiger charge is -2.22. The van der Waals surface area contributed by atoms with Crippen LogP contribution < -0.4 is 4.74 Å². The lowest BCUT2D eigenvalue weighted by Crippen LogP contribution is -2.32. The molecule has 9 heteroatoms. The number of hydrogen-bond donors (Lipinski definition) is 0. The standard InChI is InChI=1S/C31H34FN3O5/c1-31(2,3)39-28(36)18-35(4)17-22-12-11-20(16-26(22)32)29-33-30(40-34-29)21-13-14-24(23(15-21)19-37-5)25-9-7-8-10-27(25)38-6/h7-16H,17-19H2,1-6H3. The van der Waals surface area contributed by atoms with Gasteiger partial charge in [0, 0.05) is 35.9 Å². The van der Waals surface area contributed by atoms with E-state index >= 15 is 0 Å². The summed E-state index contributed by atoms with van der Waals surface area (Å²) in [4.78, 5) is 18.3. The van der Waals surface area contributed by atoms with E-state index in [2.05, 4.69) is 10.1 Å². The Hall–Kier alpha value is -4.08. The maximum atomic E-state index is 15.0. The molecule has 0 aliphatic carbocycles. The van der Waals surface area contributed by atoms with Crippen LogP contribution in [0.4, 0.5) is 4.39 Å². The summed E-state index contributed by atoms with van der Waals surface area (Å²) in [7, 11) is 5.01. The number of hydrogen-bond acceptors (Lipinski definition) is 8. The quantitative estimate of drug-likeness (QED) is 0.219. The largest absolute Gasteiger partial charge is 0.496 e. The molecule has 0 amide bonds. The average molecular weight is 548 g/mol. The van der Waals surface area contributed by atoms with Crippen molar-refractivity contribution in [1.29, 1.82) is 0 Å². The van der Waals surface area contributed by atoms with Gasteiger partial charge in [-0.05, 0) is 63.2 Å². The molecule has 0 spiro atoms. The molecule has 0 aliphatic heterocycles. The number of nitrogens with zero attached hydrogens (tertiary/aromatic N) is 3. The molecule has 0 saturated heterocycles. The highest BCUT2D eigenvalue weighted by atomic mass is 19.1. The van der Waals surface area contributed by atoms with Crippen LogP contribution in [0, 0.1) is 5.82 Å². The third-order valence-corrected chi connectivity index (χ3v) is 6.05. The van der Waals surface area contributed by atoms with E-state index in [0.717, 1.165) is 22.4 Å². The SMILES string of the molecule is COCc1cc(-c2nc(-c3ccc(CN(C)CC(=O)OC(C)(C)C)c(F)c3)no2)ccc1-c1ccccc1OC. The van der Waals surface area contributed by atoms with Gasteiger partial charge in [0.25, 0.3) is 5.89 Å². The van der Waals surface area contributed by atoms with Crippen molar-refractivity contribution in [3.63, 3.8) is 0 Å².